The number of urea groups is 1. The number of carbonyl (C=O) groups excluding carboxylic acids is 1. The van der Waals surface area contributed by atoms with E-state index in [1.165, 1.54) is 0 Å². The summed E-state index contributed by atoms with van der Waals surface area (Å²) in [5.41, 5.74) is 9.26. The van der Waals surface area contributed by atoms with Crippen molar-refractivity contribution in [2.75, 3.05) is 38.1 Å². The number of rotatable bonds is 3. The van der Waals surface area contributed by atoms with Crippen molar-refractivity contribution >= 4 is 33.9 Å². The Labute approximate surface area is 126 Å². The standard InChI is InChI=1S/C13H18BrN5O/c1-18-4-6-19(7-5-18)12-8-11(14)3-2-10(12)9-16-17-13(15)20/h2-3,8-9H,4-7H2,1H3,(H3,15,17,20). The topological polar surface area (TPSA) is 74.0 Å². The molecular weight excluding hydrogens is 322 g/mol. The van der Waals surface area contributed by atoms with Crippen LogP contribution in [-0.2, 0) is 0 Å². The number of piperazine rings is 1. The average Bonchev–Trinajstić information content (AvgIpc) is 2.41. The number of hydrogen-bond donors (Lipinski definition) is 2. The minimum atomic E-state index is -0.667. The summed E-state index contributed by atoms with van der Waals surface area (Å²) in [6, 6.07) is 5.31. The summed E-state index contributed by atoms with van der Waals surface area (Å²) in [6.07, 6.45) is 1.62. The molecule has 1 aliphatic heterocycles. The van der Waals surface area contributed by atoms with Gasteiger partial charge in [-0.1, -0.05) is 22.0 Å². The second-order valence-electron chi connectivity index (χ2n) is 4.73. The predicted molar refractivity (Wildman–Crippen MR) is 84.2 cm³/mol. The van der Waals surface area contributed by atoms with Gasteiger partial charge in [0.2, 0.25) is 0 Å². The number of hydrogen-bond acceptors (Lipinski definition) is 4. The van der Waals surface area contributed by atoms with Crippen molar-refractivity contribution < 1.29 is 4.79 Å². The van der Waals surface area contributed by atoms with Gasteiger partial charge in [0, 0.05) is 41.9 Å². The van der Waals surface area contributed by atoms with Gasteiger partial charge in [-0.2, -0.15) is 5.10 Å². The second kappa shape index (κ2) is 6.71. The van der Waals surface area contributed by atoms with Gasteiger partial charge in [-0.05, 0) is 19.2 Å². The van der Waals surface area contributed by atoms with E-state index in [0.29, 0.717) is 0 Å². The molecule has 20 heavy (non-hydrogen) atoms. The van der Waals surface area contributed by atoms with Gasteiger partial charge in [-0.3, -0.25) is 0 Å². The minimum Gasteiger partial charge on any atom is -0.368 e. The van der Waals surface area contributed by atoms with Crippen LogP contribution in [0.15, 0.2) is 27.8 Å². The van der Waals surface area contributed by atoms with Gasteiger partial charge in [-0.25, -0.2) is 10.2 Å². The Hall–Kier alpha value is -1.60. The van der Waals surface area contributed by atoms with Gasteiger partial charge in [-0.15, -0.1) is 0 Å². The first-order valence-electron chi connectivity index (χ1n) is 6.38. The van der Waals surface area contributed by atoms with E-state index in [0.717, 1.165) is 41.9 Å². The average molecular weight is 340 g/mol. The Morgan fingerprint density at radius 2 is 2.10 bits per heavy atom. The van der Waals surface area contributed by atoms with E-state index in [2.05, 4.69) is 49.4 Å². The van der Waals surface area contributed by atoms with Crippen LogP contribution in [0, 0.1) is 0 Å². The van der Waals surface area contributed by atoms with E-state index in [-0.39, 0.29) is 0 Å². The molecule has 7 heteroatoms. The SMILES string of the molecule is CN1CCN(c2cc(Br)ccc2C=NNC(N)=O)CC1. The minimum absolute atomic E-state index is 0.667. The van der Waals surface area contributed by atoms with Gasteiger partial charge < -0.3 is 15.5 Å². The molecule has 1 aromatic rings. The summed E-state index contributed by atoms with van der Waals surface area (Å²) in [4.78, 5) is 15.3. The number of anilines is 1. The number of nitrogens with zero attached hydrogens (tertiary/aromatic N) is 3. The van der Waals surface area contributed by atoms with Crippen molar-refractivity contribution in [2.24, 2.45) is 10.8 Å². The summed E-state index contributed by atoms with van der Waals surface area (Å²) in [5, 5.41) is 3.84. The molecule has 1 aliphatic rings. The normalized spacial score (nSPS) is 16.6. The molecule has 108 valence electrons. The molecule has 1 heterocycles. The van der Waals surface area contributed by atoms with Crippen molar-refractivity contribution in [3.05, 3.63) is 28.2 Å². The van der Waals surface area contributed by atoms with Crippen molar-refractivity contribution in [1.82, 2.24) is 10.3 Å². The van der Waals surface area contributed by atoms with Crippen LogP contribution in [-0.4, -0.2) is 50.4 Å². The number of hydrazone groups is 1. The molecule has 2 rings (SSSR count). The number of benzene rings is 1. The van der Waals surface area contributed by atoms with E-state index >= 15 is 0 Å². The lowest BCUT2D eigenvalue weighted by atomic mass is 10.1. The molecule has 1 aromatic carbocycles. The number of nitrogens with one attached hydrogen (secondary N) is 1. The van der Waals surface area contributed by atoms with Crippen LogP contribution in [0.5, 0.6) is 0 Å². The second-order valence-corrected chi connectivity index (χ2v) is 5.64. The van der Waals surface area contributed by atoms with Gasteiger partial charge in [0.1, 0.15) is 0 Å². The highest BCUT2D eigenvalue weighted by Crippen LogP contribution is 2.25. The Balaban J connectivity index is 2.19. The summed E-state index contributed by atoms with van der Waals surface area (Å²) >= 11 is 3.49. The lowest BCUT2D eigenvalue weighted by Crippen LogP contribution is -2.44. The van der Waals surface area contributed by atoms with Crippen LogP contribution < -0.4 is 16.1 Å². The number of nitrogens with two attached hydrogens (primary N) is 1. The number of halogens is 1. The molecule has 0 spiro atoms. The van der Waals surface area contributed by atoms with E-state index in [1.54, 1.807) is 6.21 Å². The van der Waals surface area contributed by atoms with Gasteiger partial charge in [0.05, 0.1) is 6.21 Å². The molecule has 0 bridgehead atoms. The molecule has 1 fully saturated rings. The van der Waals surface area contributed by atoms with Gasteiger partial charge in [0.15, 0.2) is 0 Å². The summed E-state index contributed by atoms with van der Waals surface area (Å²) < 4.78 is 1.02. The largest absolute Gasteiger partial charge is 0.368 e. The van der Waals surface area contributed by atoms with E-state index < -0.39 is 6.03 Å². The van der Waals surface area contributed by atoms with Crippen LogP contribution >= 0.6 is 15.9 Å². The first-order valence-corrected chi connectivity index (χ1v) is 7.17. The van der Waals surface area contributed by atoms with Crippen molar-refractivity contribution in [2.45, 2.75) is 0 Å². The summed E-state index contributed by atoms with van der Waals surface area (Å²) in [5.74, 6) is 0. The zero-order chi connectivity index (χ0) is 14.5. The molecule has 3 N–H and O–H groups in total. The quantitative estimate of drug-likeness (QED) is 0.642. The smallest absolute Gasteiger partial charge is 0.332 e. The number of amides is 2. The van der Waals surface area contributed by atoms with Gasteiger partial charge >= 0.3 is 6.03 Å². The molecule has 0 unspecified atom stereocenters. The molecule has 0 saturated carbocycles. The Bertz CT molecular complexity index is 511. The third kappa shape index (κ3) is 3.94. The monoisotopic (exact) mass is 339 g/mol. The van der Waals surface area contributed by atoms with Crippen molar-refractivity contribution in [3.63, 3.8) is 0 Å². The lowest BCUT2D eigenvalue weighted by Gasteiger charge is -2.34. The van der Waals surface area contributed by atoms with Crippen LogP contribution in [0.2, 0.25) is 0 Å². The zero-order valence-electron chi connectivity index (χ0n) is 11.3. The molecule has 0 radical (unpaired) electrons. The molecule has 0 aliphatic carbocycles. The third-order valence-electron chi connectivity index (χ3n) is 3.21. The first-order chi connectivity index (χ1) is 9.56. The first kappa shape index (κ1) is 14.8. The van der Waals surface area contributed by atoms with E-state index in [1.807, 2.05) is 12.1 Å². The highest BCUT2D eigenvalue weighted by molar-refractivity contribution is 9.10. The fraction of sp³-hybridized carbons (Fsp3) is 0.385. The highest BCUT2D eigenvalue weighted by Gasteiger charge is 2.16. The maximum absolute atomic E-state index is 10.6. The van der Waals surface area contributed by atoms with E-state index in [9.17, 15) is 4.79 Å². The molecule has 0 aromatic heterocycles. The summed E-state index contributed by atoms with van der Waals surface area (Å²) in [7, 11) is 2.12. The Kier molecular flexibility index (Phi) is 4.97. The molecule has 1 saturated heterocycles. The molecule has 0 atom stereocenters. The number of primary amides is 1. The molecular formula is C13H18BrN5O. The predicted octanol–water partition coefficient (Wildman–Crippen LogP) is 1.20. The number of likely N-dealkylation sites (N-methyl/N-ethyl adjacent to an activating group) is 1. The van der Waals surface area contributed by atoms with Gasteiger partial charge in [0.25, 0.3) is 0 Å². The fourth-order valence-corrected chi connectivity index (χ4v) is 2.46. The third-order valence-corrected chi connectivity index (χ3v) is 3.71. The van der Waals surface area contributed by atoms with Crippen molar-refractivity contribution in [1.29, 1.82) is 0 Å². The Morgan fingerprint density at radius 3 is 2.75 bits per heavy atom. The van der Waals surface area contributed by atoms with Crippen LogP contribution in [0.3, 0.4) is 0 Å². The maximum Gasteiger partial charge on any atom is 0.332 e. The zero-order valence-corrected chi connectivity index (χ0v) is 12.9. The summed E-state index contributed by atoms with van der Waals surface area (Å²) in [6.45, 7) is 4.00. The van der Waals surface area contributed by atoms with Crippen LogP contribution in [0.4, 0.5) is 10.5 Å². The molecule has 6 nitrogen and oxygen atoms in total. The Morgan fingerprint density at radius 1 is 1.40 bits per heavy atom. The van der Waals surface area contributed by atoms with Crippen LogP contribution in [0.25, 0.3) is 0 Å². The maximum atomic E-state index is 10.6. The molecule has 2 amide bonds. The lowest BCUT2D eigenvalue weighted by molar-refractivity contribution is 0.249. The van der Waals surface area contributed by atoms with Crippen LogP contribution in [0.1, 0.15) is 5.56 Å². The van der Waals surface area contributed by atoms with Crippen molar-refractivity contribution in [3.8, 4) is 0 Å². The number of carbonyl (C=O) groups is 1. The highest BCUT2D eigenvalue weighted by atomic mass is 79.9. The van der Waals surface area contributed by atoms with E-state index in [4.69, 9.17) is 5.73 Å². The fourth-order valence-electron chi connectivity index (χ4n) is 2.11.